The number of amides is 1. The Hall–Kier alpha value is -2.70. The van der Waals surface area contributed by atoms with Gasteiger partial charge in [-0.2, -0.15) is 0 Å². The highest BCUT2D eigenvalue weighted by molar-refractivity contribution is 5.97. The summed E-state index contributed by atoms with van der Waals surface area (Å²) < 4.78 is 5.50. The summed E-state index contributed by atoms with van der Waals surface area (Å²) in [6, 6.07) is 13.1. The predicted octanol–water partition coefficient (Wildman–Crippen LogP) is 3.35. The zero-order valence-corrected chi connectivity index (χ0v) is 18.3. The van der Waals surface area contributed by atoms with Gasteiger partial charge in [0.25, 0.3) is 0 Å². The van der Waals surface area contributed by atoms with Crippen LogP contribution in [0.3, 0.4) is 0 Å². The lowest BCUT2D eigenvalue weighted by Crippen LogP contribution is -2.52. The van der Waals surface area contributed by atoms with E-state index in [9.17, 15) is 9.59 Å². The second-order valence-electron chi connectivity index (χ2n) is 7.93. The van der Waals surface area contributed by atoms with E-state index in [1.54, 1.807) is 31.4 Å². The van der Waals surface area contributed by atoms with Crippen molar-refractivity contribution in [2.45, 2.75) is 33.4 Å². The maximum atomic E-state index is 12.7. The molecule has 2 aromatic rings. The van der Waals surface area contributed by atoms with E-state index >= 15 is 0 Å². The highest BCUT2D eigenvalue weighted by Crippen LogP contribution is 2.22. The Morgan fingerprint density at radius 1 is 1.07 bits per heavy atom. The number of hydrogen-bond acceptors (Lipinski definition) is 5. The molecule has 160 valence electrons. The van der Waals surface area contributed by atoms with Crippen LogP contribution in [0.15, 0.2) is 42.5 Å². The molecule has 1 atom stereocenters. The second kappa shape index (κ2) is 9.87. The first kappa shape index (κ1) is 22.0. The number of hydrogen-bond donors (Lipinski definition) is 1. The van der Waals surface area contributed by atoms with Crippen LogP contribution in [0, 0.1) is 6.92 Å². The van der Waals surface area contributed by atoms with E-state index in [2.05, 4.69) is 34.2 Å². The maximum Gasteiger partial charge on any atom is 0.241 e. The first-order chi connectivity index (χ1) is 14.4. The summed E-state index contributed by atoms with van der Waals surface area (Å²) >= 11 is 0. The van der Waals surface area contributed by atoms with E-state index in [0.717, 1.165) is 38.5 Å². The van der Waals surface area contributed by atoms with Crippen molar-refractivity contribution in [1.29, 1.82) is 0 Å². The molecule has 2 aromatic carbocycles. The van der Waals surface area contributed by atoms with Gasteiger partial charge in [0, 0.05) is 49.5 Å². The van der Waals surface area contributed by atoms with Gasteiger partial charge >= 0.3 is 0 Å². The molecule has 0 aromatic heterocycles. The lowest BCUT2D eigenvalue weighted by atomic mass is 10.1. The number of anilines is 1. The van der Waals surface area contributed by atoms with Crippen LogP contribution in [0.4, 0.5) is 5.69 Å². The average molecular weight is 410 g/mol. The third-order valence-corrected chi connectivity index (χ3v) is 5.72. The topological polar surface area (TPSA) is 61.9 Å². The number of aryl methyl sites for hydroxylation is 1. The van der Waals surface area contributed by atoms with Crippen LogP contribution in [0.2, 0.25) is 0 Å². The zero-order chi connectivity index (χ0) is 21.7. The van der Waals surface area contributed by atoms with Crippen molar-refractivity contribution >= 4 is 17.4 Å². The van der Waals surface area contributed by atoms with Crippen LogP contribution in [0.1, 0.15) is 35.3 Å². The number of carbonyl (C=O) groups is 2. The van der Waals surface area contributed by atoms with Gasteiger partial charge in [0.2, 0.25) is 5.91 Å². The van der Waals surface area contributed by atoms with Gasteiger partial charge in [-0.3, -0.25) is 19.4 Å². The molecule has 3 rings (SSSR count). The number of nitrogens with zero attached hydrogens (tertiary/aromatic N) is 2. The summed E-state index contributed by atoms with van der Waals surface area (Å²) in [6.45, 7) is 9.90. The van der Waals surface area contributed by atoms with E-state index in [0.29, 0.717) is 11.3 Å². The summed E-state index contributed by atoms with van der Waals surface area (Å²) in [5, 5.41) is 2.96. The van der Waals surface area contributed by atoms with Crippen LogP contribution in [0.25, 0.3) is 0 Å². The number of nitrogens with one attached hydrogen (secondary N) is 1. The molecule has 1 saturated heterocycles. The molecule has 0 spiro atoms. The normalized spacial score (nSPS) is 16.1. The highest BCUT2D eigenvalue weighted by atomic mass is 16.5. The maximum absolute atomic E-state index is 12.7. The largest absolute Gasteiger partial charge is 0.496 e. The van der Waals surface area contributed by atoms with Gasteiger partial charge in [-0.15, -0.1) is 0 Å². The number of ketones is 1. The summed E-state index contributed by atoms with van der Waals surface area (Å²) in [4.78, 5) is 28.7. The number of Topliss-reactive ketones (excluding diaryl/α,β-unsaturated/α-hetero) is 1. The number of ether oxygens (including phenoxy) is 1. The highest BCUT2D eigenvalue weighted by Gasteiger charge is 2.26. The molecule has 30 heavy (non-hydrogen) atoms. The van der Waals surface area contributed by atoms with Crippen molar-refractivity contribution in [2.24, 2.45) is 0 Å². The first-order valence-corrected chi connectivity index (χ1v) is 10.4. The molecule has 0 aliphatic carbocycles. The summed E-state index contributed by atoms with van der Waals surface area (Å²) in [5.41, 5.74) is 3.78. The SMILES string of the molecule is COc1ccc(C)cc1CN1CCN([C@@H](C)C(=O)Nc2ccc(C(C)=O)cc2)CC1. The van der Waals surface area contributed by atoms with Gasteiger partial charge in [0.15, 0.2) is 5.78 Å². The third-order valence-electron chi connectivity index (χ3n) is 5.72. The number of methoxy groups -OCH3 is 1. The molecule has 6 heteroatoms. The molecular weight excluding hydrogens is 378 g/mol. The van der Waals surface area contributed by atoms with Gasteiger partial charge in [-0.1, -0.05) is 17.7 Å². The Labute approximate surface area is 178 Å². The van der Waals surface area contributed by atoms with Crippen molar-refractivity contribution in [3.05, 3.63) is 59.2 Å². The second-order valence-corrected chi connectivity index (χ2v) is 7.93. The molecule has 6 nitrogen and oxygen atoms in total. The monoisotopic (exact) mass is 409 g/mol. The van der Waals surface area contributed by atoms with Gasteiger partial charge in [-0.25, -0.2) is 0 Å². The molecule has 0 saturated carbocycles. The van der Waals surface area contributed by atoms with Crippen molar-refractivity contribution in [3.63, 3.8) is 0 Å². The summed E-state index contributed by atoms with van der Waals surface area (Å²) in [7, 11) is 1.71. The molecule has 1 aliphatic rings. The van der Waals surface area contributed by atoms with Crippen LogP contribution in [-0.4, -0.2) is 60.8 Å². The van der Waals surface area contributed by atoms with E-state index in [4.69, 9.17) is 4.74 Å². The fourth-order valence-electron chi connectivity index (χ4n) is 3.78. The number of rotatable bonds is 7. The van der Waals surface area contributed by atoms with Crippen LogP contribution in [-0.2, 0) is 11.3 Å². The minimum atomic E-state index is -0.215. The number of carbonyl (C=O) groups excluding carboxylic acids is 2. The molecule has 1 amide bonds. The van der Waals surface area contributed by atoms with Crippen molar-refractivity contribution in [3.8, 4) is 5.75 Å². The molecule has 1 aliphatic heterocycles. The van der Waals surface area contributed by atoms with Crippen LogP contribution >= 0.6 is 0 Å². The standard InChI is InChI=1S/C24H31N3O3/c1-17-5-10-23(30-4)21(15-17)16-26-11-13-27(14-12-26)18(2)24(29)25-22-8-6-20(7-9-22)19(3)28/h5-10,15,18H,11-14,16H2,1-4H3,(H,25,29)/t18-/m0/s1. The average Bonchev–Trinajstić information content (AvgIpc) is 2.74. The predicted molar refractivity (Wildman–Crippen MR) is 119 cm³/mol. The smallest absolute Gasteiger partial charge is 0.241 e. The number of piperazine rings is 1. The van der Waals surface area contributed by atoms with Crippen molar-refractivity contribution in [1.82, 2.24) is 9.80 Å². The lowest BCUT2D eigenvalue weighted by molar-refractivity contribution is -0.121. The molecule has 1 fully saturated rings. The van der Waals surface area contributed by atoms with Gasteiger partial charge in [0.05, 0.1) is 13.2 Å². The third kappa shape index (κ3) is 5.46. The van der Waals surface area contributed by atoms with E-state index in [1.807, 2.05) is 13.0 Å². The summed E-state index contributed by atoms with van der Waals surface area (Å²) in [6.07, 6.45) is 0. The Bertz CT molecular complexity index is 887. The molecule has 1 N–H and O–H groups in total. The molecule has 0 radical (unpaired) electrons. The molecule has 0 bridgehead atoms. The first-order valence-electron chi connectivity index (χ1n) is 10.4. The molecular formula is C24H31N3O3. The van der Waals surface area contributed by atoms with Gasteiger partial charge in [-0.05, 0) is 51.1 Å². The fraction of sp³-hybridized carbons (Fsp3) is 0.417. The van der Waals surface area contributed by atoms with Gasteiger partial charge in [0.1, 0.15) is 5.75 Å². The Kier molecular flexibility index (Phi) is 7.24. The zero-order valence-electron chi connectivity index (χ0n) is 18.3. The van der Waals surface area contributed by atoms with Crippen LogP contribution in [0.5, 0.6) is 5.75 Å². The quantitative estimate of drug-likeness (QED) is 0.711. The van der Waals surface area contributed by atoms with E-state index in [-0.39, 0.29) is 17.7 Å². The molecule has 0 unspecified atom stereocenters. The fourth-order valence-corrected chi connectivity index (χ4v) is 3.78. The number of benzene rings is 2. The Morgan fingerprint density at radius 3 is 2.33 bits per heavy atom. The van der Waals surface area contributed by atoms with Crippen LogP contribution < -0.4 is 10.1 Å². The molecule has 1 heterocycles. The lowest BCUT2D eigenvalue weighted by Gasteiger charge is -2.37. The Balaban J connectivity index is 1.52. The van der Waals surface area contributed by atoms with Gasteiger partial charge < -0.3 is 10.1 Å². The minimum Gasteiger partial charge on any atom is -0.496 e. The van der Waals surface area contributed by atoms with Crippen molar-refractivity contribution < 1.29 is 14.3 Å². The van der Waals surface area contributed by atoms with E-state index < -0.39 is 0 Å². The summed E-state index contributed by atoms with van der Waals surface area (Å²) in [5.74, 6) is 0.911. The minimum absolute atomic E-state index is 0.0161. The Morgan fingerprint density at radius 2 is 1.73 bits per heavy atom. The van der Waals surface area contributed by atoms with E-state index in [1.165, 1.54) is 18.1 Å². The van der Waals surface area contributed by atoms with Crippen molar-refractivity contribution in [2.75, 3.05) is 38.6 Å².